The van der Waals surface area contributed by atoms with Gasteiger partial charge in [0.1, 0.15) is 0 Å². The second kappa shape index (κ2) is 16.7. The van der Waals surface area contributed by atoms with E-state index in [1.165, 1.54) is 0 Å². The molecule has 6 heavy (non-hydrogen) atoms. The van der Waals surface area contributed by atoms with Gasteiger partial charge in [-0.05, 0) is 12.5 Å². The summed E-state index contributed by atoms with van der Waals surface area (Å²) in [5.41, 5.74) is 0. The highest BCUT2D eigenvalue weighted by molar-refractivity contribution is 7.97. The van der Waals surface area contributed by atoms with Gasteiger partial charge in [-0.15, -0.1) is 0 Å². The van der Waals surface area contributed by atoms with Crippen LogP contribution in [0.2, 0.25) is 0 Å². The molecule has 0 aromatic heterocycles. The van der Waals surface area contributed by atoms with Gasteiger partial charge in [0.05, 0.1) is 0 Å². The number of thioether (sulfide) groups is 1. The second-order valence-electron chi connectivity index (χ2n) is 0.491. The first kappa shape index (κ1) is 10.1. The van der Waals surface area contributed by atoms with Crippen molar-refractivity contribution in [3.05, 3.63) is 0 Å². The highest BCUT2D eigenvalue weighted by Gasteiger charge is 1.53. The maximum Gasteiger partial charge on any atom is 0.357 e. The van der Waals surface area contributed by atoms with Crippen molar-refractivity contribution in [2.45, 2.75) is 0 Å². The molecule has 0 aliphatic carbocycles. The van der Waals surface area contributed by atoms with E-state index in [-0.39, 0.29) is 0 Å². The molecule has 4 heteroatoms. The maximum atomic E-state index is 4.64. The molecular formula is C2H6BCl2S. The molecule has 0 heterocycles. The standard InChI is InChI=1S/C2H6S.BCl2/c1-3-2;2-1-3/h1-2H3;. The van der Waals surface area contributed by atoms with Crippen LogP contribution in [-0.4, -0.2) is 18.6 Å². The van der Waals surface area contributed by atoms with Crippen LogP contribution in [0.3, 0.4) is 0 Å². The average molecular weight is 144 g/mol. The lowest BCUT2D eigenvalue weighted by molar-refractivity contribution is 2.37. The summed E-state index contributed by atoms with van der Waals surface area (Å²) >= 11 is 11.0. The summed E-state index contributed by atoms with van der Waals surface area (Å²) in [7, 11) is 0. The van der Waals surface area contributed by atoms with E-state index in [4.69, 9.17) is 0 Å². The third-order valence-corrected chi connectivity index (χ3v) is 0. The third kappa shape index (κ3) is 80.5. The van der Waals surface area contributed by atoms with Gasteiger partial charge in [-0.1, -0.05) is 0 Å². The van der Waals surface area contributed by atoms with E-state index >= 15 is 0 Å². The topological polar surface area (TPSA) is 0 Å². The summed E-state index contributed by atoms with van der Waals surface area (Å²) < 4.78 is 0. The molecule has 0 amide bonds. The van der Waals surface area contributed by atoms with Gasteiger partial charge >= 0.3 is 6.11 Å². The summed E-state index contributed by atoms with van der Waals surface area (Å²) in [6.45, 7) is 0. The highest BCUT2D eigenvalue weighted by atomic mass is 35.5. The van der Waals surface area contributed by atoms with Crippen molar-refractivity contribution in [3.63, 3.8) is 0 Å². The van der Waals surface area contributed by atoms with Crippen molar-refractivity contribution in [1.29, 1.82) is 0 Å². The van der Waals surface area contributed by atoms with Gasteiger partial charge in [-0.2, -0.15) is 34.7 Å². The SMILES string of the molecule is CSC.Cl[B]Cl. The fourth-order valence-corrected chi connectivity index (χ4v) is 0. The molecule has 0 aromatic carbocycles. The zero-order valence-electron chi connectivity index (χ0n) is 3.74. The Labute approximate surface area is 53.7 Å². The molecule has 0 unspecified atom stereocenters. The zero-order chi connectivity index (χ0) is 5.41. The van der Waals surface area contributed by atoms with Gasteiger partial charge in [0.2, 0.25) is 0 Å². The van der Waals surface area contributed by atoms with Crippen LogP contribution in [0.1, 0.15) is 0 Å². The smallest absolute Gasteiger partial charge is 0.178 e. The molecule has 0 N–H and O–H groups in total. The van der Waals surface area contributed by atoms with Crippen LogP contribution < -0.4 is 0 Å². The first-order valence-electron chi connectivity index (χ1n) is 1.25. The van der Waals surface area contributed by atoms with Gasteiger partial charge in [0.15, 0.2) is 0 Å². The van der Waals surface area contributed by atoms with Crippen molar-refractivity contribution in [2.24, 2.45) is 0 Å². The molecule has 0 bridgehead atoms. The Morgan fingerprint density at radius 2 is 1.33 bits per heavy atom. The summed E-state index contributed by atoms with van der Waals surface area (Å²) in [5, 5.41) is 0. The molecule has 37 valence electrons. The molecule has 0 aliphatic heterocycles. The van der Waals surface area contributed by atoms with Gasteiger partial charge in [-0.25, -0.2) is 0 Å². The van der Waals surface area contributed by atoms with Gasteiger partial charge in [0.25, 0.3) is 0 Å². The Kier molecular flexibility index (Phi) is 28.0. The van der Waals surface area contributed by atoms with Crippen molar-refractivity contribution < 1.29 is 0 Å². The minimum atomic E-state index is 0.944. The minimum absolute atomic E-state index is 0.944. The molecule has 0 aliphatic rings. The maximum absolute atomic E-state index is 4.64. The lowest BCUT2D eigenvalue weighted by atomic mass is 10.7. The third-order valence-electron chi connectivity index (χ3n) is 0. The number of rotatable bonds is 0. The van der Waals surface area contributed by atoms with Gasteiger partial charge in [0, 0.05) is 0 Å². The Morgan fingerprint density at radius 3 is 1.33 bits per heavy atom. The van der Waals surface area contributed by atoms with Crippen LogP contribution in [0, 0.1) is 0 Å². The predicted molar refractivity (Wildman–Crippen MR) is 36.9 cm³/mol. The zero-order valence-corrected chi connectivity index (χ0v) is 6.07. The predicted octanol–water partition coefficient (Wildman–Crippen LogP) is 1.98. The monoisotopic (exact) mass is 143 g/mol. The largest absolute Gasteiger partial charge is 0.357 e. The van der Waals surface area contributed by atoms with Crippen molar-refractivity contribution in [1.82, 2.24) is 0 Å². The van der Waals surface area contributed by atoms with Crippen LogP contribution in [0.25, 0.3) is 0 Å². The van der Waals surface area contributed by atoms with E-state index < -0.39 is 0 Å². The molecule has 0 atom stereocenters. The lowest BCUT2D eigenvalue weighted by Gasteiger charge is -1.51. The van der Waals surface area contributed by atoms with Crippen LogP contribution in [0.5, 0.6) is 0 Å². The molecule has 0 spiro atoms. The van der Waals surface area contributed by atoms with Gasteiger partial charge in [-0.3, -0.25) is 0 Å². The normalized spacial score (nSPS) is 5.33. The van der Waals surface area contributed by atoms with E-state index in [2.05, 4.69) is 22.9 Å². The Hall–Kier alpha value is 0.995. The van der Waals surface area contributed by atoms with Crippen molar-refractivity contribution in [2.75, 3.05) is 12.5 Å². The Balaban J connectivity index is 0. The molecule has 0 rings (SSSR count). The molecule has 0 aromatic rings. The van der Waals surface area contributed by atoms with Crippen LogP contribution >= 0.6 is 34.7 Å². The van der Waals surface area contributed by atoms with E-state index in [0.717, 1.165) is 6.11 Å². The summed E-state index contributed by atoms with van der Waals surface area (Å²) in [4.78, 5) is 0. The van der Waals surface area contributed by atoms with E-state index in [0.29, 0.717) is 0 Å². The van der Waals surface area contributed by atoms with Crippen molar-refractivity contribution >= 4 is 40.8 Å². The molecular weight excluding hydrogens is 138 g/mol. The minimum Gasteiger partial charge on any atom is -0.178 e. The number of hydrogen-bond donors (Lipinski definition) is 0. The van der Waals surface area contributed by atoms with E-state index in [9.17, 15) is 0 Å². The Bertz CT molecular complexity index is 13.5. The fourth-order valence-electron chi connectivity index (χ4n) is 0. The summed E-state index contributed by atoms with van der Waals surface area (Å²) in [6.07, 6.45) is 5.03. The van der Waals surface area contributed by atoms with Gasteiger partial charge < -0.3 is 0 Å². The fraction of sp³-hybridized carbons (Fsp3) is 1.00. The molecule has 0 nitrogen and oxygen atoms in total. The van der Waals surface area contributed by atoms with E-state index in [1.807, 2.05) is 12.5 Å². The highest BCUT2D eigenvalue weighted by Crippen LogP contribution is 1.70. The lowest BCUT2D eigenvalue weighted by Crippen LogP contribution is -1.36. The molecule has 0 saturated heterocycles. The summed E-state index contributed by atoms with van der Waals surface area (Å²) in [5.74, 6) is 0. The van der Waals surface area contributed by atoms with E-state index in [1.54, 1.807) is 11.8 Å². The number of halogens is 2. The van der Waals surface area contributed by atoms with Crippen LogP contribution in [-0.2, 0) is 0 Å². The molecule has 0 saturated carbocycles. The first-order valence-corrected chi connectivity index (χ1v) is 3.76. The van der Waals surface area contributed by atoms with Crippen LogP contribution in [0.4, 0.5) is 0 Å². The van der Waals surface area contributed by atoms with Crippen molar-refractivity contribution in [3.8, 4) is 0 Å². The second-order valence-corrected chi connectivity index (χ2v) is 1.97. The van der Waals surface area contributed by atoms with Crippen LogP contribution in [0.15, 0.2) is 0 Å². The first-order chi connectivity index (χ1) is 2.83. The molecule has 1 radical (unpaired) electrons. The Morgan fingerprint density at radius 1 is 1.33 bits per heavy atom. The average Bonchev–Trinajstić information content (AvgIpc) is 1.39. The molecule has 0 fully saturated rings. The number of hydrogen-bond acceptors (Lipinski definition) is 1. The summed E-state index contributed by atoms with van der Waals surface area (Å²) in [6, 6.07) is 0. The quantitative estimate of drug-likeness (QED) is 0.468.